The molecule has 184 valence electrons. The molecule has 1 unspecified atom stereocenters. The Balaban J connectivity index is 1.39. The minimum atomic E-state index is -0.531. The van der Waals surface area contributed by atoms with E-state index in [1.807, 2.05) is 18.2 Å². The van der Waals surface area contributed by atoms with E-state index in [2.05, 4.69) is 64.6 Å². The average Bonchev–Trinajstić information content (AvgIpc) is 3.54. The van der Waals surface area contributed by atoms with Gasteiger partial charge in [-0.25, -0.2) is 5.48 Å². The molecular formula is C30H31N3O3. The Morgan fingerprint density at radius 1 is 1.17 bits per heavy atom. The molecule has 1 atom stereocenters. The zero-order chi connectivity index (χ0) is 24.9. The number of aryl methyl sites for hydroxylation is 1. The molecule has 0 spiro atoms. The second-order valence-corrected chi connectivity index (χ2v) is 9.25. The molecule has 36 heavy (non-hydrogen) atoms. The summed E-state index contributed by atoms with van der Waals surface area (Å²) in [6.07, 6.45) is 8.23. The number of aromatic nitrogens is 1. The lowest BCUT2D eigenvalue weighted by Crippen LogP contribution is -2.29. The molecule has 6 heteroatoms. The van der Waals surface area contributed by atoms with Gasteiger partial charge in [-0.15, -0.1) is 0 Å². The Labute approximate surface area is 211 Å². The molecular weight excluding hydrogens is 450 g/mol. The van der Waals surface area contributed by atoms with Gasteiger partial charge in [-0.05, 0) is 71.4 Å². The monoisotopic (exact) mass is 481 g/mol. The van der Waals surface area contributed by atoms with E-state index < -0.39 is 5.91 Å². The quantitative estimate of drug-likeness (QED) is 0.169. The number of hydrogen-bond acceptors (Lipinski definition) is 4. The lowest BCUT2D eigenvalue weighted by Gasteiger charge is -2.30. The largest absolute Gasteiger partial charge is 0.497 e. The maximum Gasteiger partial charge on any atom is 0.267 e. The molecule has 4 aromatic rings. The first-order valence-corrected chi connectivity index (χ1v) is 12.3. The summed E-state index contributed by atoms with van der Waals surface area (Å²) in [6, 6.07) is 23.5. The van der Waals surface area contributed by atoms with E-state index in [0.717, 1.165) is 43.7 Å². The van der Waals surface area contributed by atoms with Crippen LogP contribution in [0.15, 0.2) is 79.0 Å². The second kappa shape index (κ2) is 10.8. The van der Waals surface area contributed by atoms with E-state index in [4.69, 9.17) is 9.94 Å². The van der Waals surface area contributed by atoms with Crippen molar-refractivity contribution in [3.63, 3.8) is 0 Å². The number of aromatic amines is 1. The normalized spacial score (nSPS) is 15.0. The van der Waals surface area contributed by atoms with E-state index in [0.29, 0.717) is 6.04 Å². The fraction of sp³-hybridized carbons (Fsp3) is 0.233. The smallest absolute Gasteiger partial charge is 0.267 e. The van der Waals surface area contributed by atoms with Crippen molar-refractivity contribution >= 4 is 22.9 Å². The maximum atomic E-state index is 11.4. The van der Waals surface area contributed by atoms with Crippen LogP contribution in [0.5, 0.6) is 5.75 Å². The summed E-state index contributed by atoms with van der Waals surface area (Å²) in [7, 11) is 1.69. The molecule has 0 bridgehead atoms. The summed E-state index contributed by atoms with van der Waals surface area (Å²) < 4.78 is 5.35. The Hall–Kier alpha value is -3.87. The zero-order valence-corrected chi connectivity index (χ0v) is 20.4. The van der Waals surface area contributed by atoms with Crippen molar-refractivity contribution in [3.8, 4) is 5.75 Å². The minimum absolute atomic E-state index is 0.325. The van der Waals surface area contributed by atoms with Crippen LogP contribution in [-0.2, 0) is 24.2 Å². The van der Waals surface area contributed by atoms with Gasteiger partial charge < -0.3 is 9.72 Å². The molecule has 1 aliphatic carbocycles. The SMILES string of the molecule is COc1ccc(CN(CCc2c[nH]c3ccccc23)C2CCc3cc(/C=C/C(=O)NO)ccc32)cc1. The highest BCUT2D eigenvalue weighted by atomic mass is 16.5. The van der Waals surface area contributed by atoms with Crippen LogP contribution in [-0.4, -0.2) is 34.7 Å². The van der Waals surface area contributed by atoms with Gasteiger partial charge >= 0.3 is 0 Å². The van der Waals surface area contributed by atoms with E-state index in [1.165, 1.54) is 39.2 Å². The van der Waals surface area contributed by atoms with Gasteiger partial charge in [0.2, 0.25) is 0 Å². The molecule has 6 nitrogen and oxygen atoms in total. The molecule has 1 aromatic heterocycles. The molecule has 1 amide bonds. The van der Waals surface area contributed by atoms with Crippen LogP contribution in [0.25, 0.3) is 17.0 Å². The Morgan fingerprint density at radius 3 is 2.81 bits per heavy atom. The van der Waals surface area contributed by atoms with Crippen LogP contribution in [0.1, 0.15) is 40.3 Å². The van der Waals surface area contributed by atoms with Crippen LogP contribution < -0.4 is 10.2 Å². The number of hydroxylamine groups is 1. The number of ether oxygens (including phenoxy) is 1. The van der Waals surface area contributed by atoms with Crippen molar-refractivity contribution in [2.24, 2.45) is 0 Å². The number of fused-ring (bicyclic) bond motifs is 2. The number of nitrogens with one attached hydrogen (secondary N) is 2. The van der Waals surface area contributed by atoms with Gasteiger partial charge in [0, 0.05) is 42.3 Å². The minimum Gasteiger partial charge on any atom is -0.497 e. The van der Waals surface area contributed by atoms with Crippen molar-refractivity contribution in [1.82, 2.24) is 15.4 Å². The highest BCUT2D eigenvalue weighted by Crippen LogP contribution is 2.37. The Kier molecular flexibility index (Phi) is 7.16. The standard InChI is InChI=1S/C30H31N3O3/c1-36-25-11-6-22(7-12-25)20-33(17-16-24-19-31-28-5-3-2-4-26(24)28)29-14-10-23-18-21(8-13-27(23)29)9-15-30(34)32-35/h2-9,11-13,15,18-19,29,31,35H,10,14,16-17,20H2,1H3,(H,32,34)/b15-9+. The molecule has 0 saturated carbocycles. The molecule has 1 heterocycles. The van der Waals surface area contributed by atoms with Crippen molar-refractivity contribution in [2.45, 2.75) is 31.8 Å². The summed E-state index contributed by atoms with van der Waals surface area (Å²) >= 11 is 0. The third kappa shape index (κ3) is 5.20. The van der Waals surface area contributed by atoms with Crippen LogP contribution in [0.3, 0.4) is 0 Å². The zero-order valence-electron chi connectivity index (χ0n) is 20.4. The summed E-state index contributed by atoms with van der Waals surface area (Å²) in [5, 5.41) is 10.0. The lowest BCUT2D eigenvalue weighted by atomic mass is 10.0. The number of carbonyl (C=O) groups excluding carboxylic acids is 1. The van der Waals surface area contributed by atoms with Crippen LogP contribution in [0, 0.1) is 0 Å². The number of para-hydroxylation sites is 1. The maximum absolute atomic E-state index is 11.4. The summed E-state index contributed by atoms with van der Waals surface area (Å²) in [6.45, 7) is 1.80. The number of amides is 1. The molecule has 1 aliphatic rings. The van der Waals surface area contributed by atoms with Crippen LogP contribution in [0.2, 0.25) is 0 Å². The molecule has 0 saturated heterocycles. The summed E-state index contributed by atoms with van der Waals surface area (Å²) in [5.41, 5.74) is 9.04. The predicted octanol–water partition coefficient (Wildman–Crippen LogP) is 5.43. The first-order chi connectivity index (χ1) is 17.6. The fourth-order valence-electron chi connectivity index (χ4n) is 5.22. The van der Waals surface area contributed by atoms with Gasteiger partial charge in [0.05, 0.1) is 7.11 Å². The number of benzene rings is 3. The van der Waals surface area contributed by atoms with E-state index in [1.54, 1.807) is 18.7 Å². The van der Waals surface area contributed by atoms with E-state index in [-0.39, 0.29) is 0 Å². The first kappa shape index (κ1) is 23.9. The van der Waals surface area contributed by atoms with Gasteiger partial charge in [-0.3, -0.25) is 14.9 Å². The second-order valence-electron chi connectivity index (χ2n) is 9.25. The highest BCUT2D eigenvalue weighted by Gasteiger charge is 2.28. The molecule has 5 rings (SSSR count). The molecule has 3 aromatic carbocycles. The van der Waals surface area contributed by atoms with E-state index >= 15 is 0 Å². The third-order valence-corrected chi connectivity index (χ3v) is 7.08. The van der Waals surface area contributed by atoms with Crippen molar-refractivity contribution < 1.29 is 14.7 Å². The third-order valence-electron chi connectivity index (χ3n) is 7.08. The molecule has 0 aliphatic heterocycles. The first-order valence-electron chi connectivity index (χ1n) is 12.3. The highest BCUT2D eigenvalue weighted by molar-refractivity contribution is 5.90. The Bertz CT molecular complexity index is 1370. The van der Waals surface area contributed by atoms with Crippen LogP contribution in [0.4, 0.5) is 0 Å². The van der Waals surface area contributed by atoms with E-state index in [9.17, 15) is 4.79 Å². The lowest BCUT2D eigenvalue weighted by molar-refractivity contribution is -0.124. The molecule has 0 radical (unpaired) electrons. The molecule has 0 fully saturated rings. The summed E-state index contributed by atoms with van der Waals surface area (Å²) in [4.78, 5) is 17.4. The number of rotatable bonds is 9. The average molecular weight is 482 g/mol. The van der Waals surface area contributed by atoms with Gasteiger partial charge in [-0.1, -0.05) is 48.5 Å². The predicted molar refractivity (Wildman–Crippen MR) is 142 cm³/mol. The summed E-state index contributed by atoms with van der Waals surface area (Å²) in [5.74, 6) is 0.335. The van der Waals surface area contributed by atoms with Crippen molar-refractivity contribution in [2.75, 3.05) is 13.7 Å². The number of H-pyrrole nitrogens is 1. The molecule has 3 N–H and O–H groups in total. The Morgan fingerprint density at radius 2 is 2.00 bits per heavy atom. The number of hydrogen-bond donors (Lipinski definition) is 3. The number of nitrogens with zero attached hydrogens (tertiary/aromatic N) is 1. The van der Waals surface area contributed by atoms with Gasteiger partial charge in [0.1, 0.15) is 5.75 Å². The van der Waals surface area contributed by atoms with Crippen molar-refractivity contribution in [1.29, 1.82) is 0 Å². The topological polar surface area (TPSA) is 77.6 Å². The fourth-order valence-corrected chi connectivity index (χ4v) is 5.22. The van der Waals surface area contributed by atoms with Crippen LogP contribution >= 0.6 is 0 Å². The van der Waals surface area contributed by atoms with Crippen molar-refractivity contribution in [3.05, 3.63) is 107 Å². The van der Waals surface area contributed by atoms with Gasteiger partial charge in [0.25, 0.3) is 5.91 Å². The number of methoxy groups -OCH3 is 1. The van der Waals surface area contributed by atoms with Gasteiger partial charge in [-0.2, -0.15) is 0 Å². The van der Waals surface area contributed by atoms with Gasteiger partial charge in [0.15, 0.2) is 0 Å². The number of carbonyl (C=O) groups is 1.